The second kappa shape index (κ2) is 9.13. The molecule has 122 valence electrons. The van der Waals surface area contributed by atoms with Gasteiger partial charge in [-0.15, -0.1) is 6.58 Å². The lowest BCUT2D eigenvalue weighted by molar-refractivity contribution is 0.318. The van der Waals surface area contributed by atoms with Crippen molar-refractivity contribution in [1.82, 2.24) is 10.2 Å². The summed E-state index contributed by atoms with van der Waals surface area (Å²) in [6.45, 7) is 7.13. The van der Waals surface area contributed by atoms with Gasteiger partial charge in [-0.3, -0.25) is 4.90 Å². The molecule has 0 aliphatic heterocycles. The first kappa shape index (κ1) is 17.3. The highest BCUT2D eigenvalue weighted by Gasteiger charge is 2.07. The lowest BCUT2D eigenvalue weighted by Gasteiger charge is -2.18. The normalized spacial score (nSPS) is 10.7. The van der Waals surface area contributed by atoms with Gasteiger partial charge in [0, 0.05) is 31.7 Å². The number of rotatable bonds is 9. The summed E-state index contributed by atoms with van der Waals surface area (Å²) in [4.78, 5) is 2.31. The zero-order chi connectivity index (χ0) is 16.5. The summed E-state index contributed by atoms with van der Waals surface area (Å²) in [5, 5.41) is 3.31. The zero-order valence-electron chi connectivity index (χ0n) is 14.1. The van der Waals surface area contributed by atoms with Crippen molar-refractivity contribution in [2.45, 2.75) is 19.6 Å². The van der Waals surface area contributed by atoms with Crippen LogP contribution in [-0.2, 0) is 19.6 Å². The van der Waals surface area contributed by atoms with E-state index in [-0.39, 0.29) is 0 Å². The predicted octanol–water partition coefficient (Wildman–Crippen LogP) is 3.60. The first-order valence-corrected chi connectivity index (χ1v) is 7.93. The largest absolute Gasteiger partial charge is 0.496 e. The van der Waals surface area contributed by atoms with Crippen molar-refractivity contribution in [2.75, 3.05) is 20.7 Å². The first-order valence-electron chi connectivity index (χ1n) is 7.93. The molecule has 3 heteroatoms. The lowest BCUT2D eigenvalue weighted by Crippen LogP contribution is -2.17. The van der Waals surface area contributed by atoms with E-state index in [0.717, 1.165) is 31.9 Å². The highest BCUT2D eigenvalue weighted by atomic mass is 16.5. The van der Waals surface area contributed by atoms with Gasteiger partial charge in [-0.05, 0) is 24.2 Å². The topological polar surface area (TPSA) is 24.5 Å². The molecule has 0 fully saturated rings. The Morgan fingerprint density at radius 1 is 1.09 bits per heavy atom. The predicted molar refractivity (Wildman–Crippen MR) is 96.5 cm³/mol. The Balaban J connectivity index is 1.98. The van der Waals surface area contributed by atoms with Crippen molar-refractivity contribution in [1.29, 1.82) is 0 Å². The average molecular weight is 310 g/mol. The molecular formula is C20H26N2O. The smallest absolute Gasteiger partial charge is 0.123 e. The van der Waals surface area contributed by atoms with Gasteiger partial charge in [0.25, 0.3) is 0 Å². The minimum absolute atomic E-state index is 0.787. The molecule has 0 saturated heterocycles. The Hall–Kier alpha value is -2.10. The Kier molecular flexibility index (Phi) is 6.85. The van der Waals surface area contributed by atoms with Crippen LogP contribution in [0, 0.1) is 0 Å². The highest BCUT2D eigenvalue weighted by molar-refractivity contribution is 5.37. The van der Waals surface area contributed by atoms with Crippen molar-refractivity contribution in [2.24, 2.45) is 0 Å². The van der Waals surface area contributed by atoms with E-state index >= 15 is 0 Å². The van der Waals surface area contributed by atoms with Gasteiger partial charge >= 0.3 is 0 Å². The maximum atomic E-state index is 5.53. The Morgan fingerprint density at radius 2 is 1.83 bits per heavy atom. The maximum absolute atomic E-state index is 5.53. The van der Waals surface area contributed by atoms with Gasteiger partial charge in [0.1, 0.15) is 5.75 Å². The summed E-state index contributed by atoms with van der Waals surface area (Å²) in [7, 11) is 3.86. The molecule has 2 aromatic carbocycles. The number of nitrogens with zero attached hydrogens (tertiary/aromatic N) is 1. The third-order valence-electron chi connectivity index (χ3n) is 3.70. The second-order valence-corrected chi connectivity index (χ2v) is 5.72. The molecule has 0 saturated carbocycles. The molecule has 0 aromatic heterocycles. The molecule has 23 heavy (non-hydrogen) atoms. The first-order chi connectivity index (χ1) is 11.2. The third kappa shape index (κ3) is 5.55. The van der Waals surface area contributed by atoms with E-state index in [1.165, 1.54) is 16.7 Å². The molecule has 0 bridgehead atoms. The Bertz CT molecular complexity index is 610. The molecule has 0 radical (unpaired) electrons. The van der Waals surface area contributed by atoms with E-state index in [4.69, 9.17) is 4.74 Å². The molecule has 3 nitrogen and oxygen atoms in total. The summed E-state index contributed by atoms with van der Waals surface area (Å²) >= 11 is 0. The van der Waals surface area contributed by atoms with E-state index in [0.29, 0.717) is 0 Å². The number of ether oxygens (including phenoxy) is 1. The van der Waals surface area contributed by atoms with Crippen LogP contribution in [0.3, 0.4) is 0 Å². The SMILES string of the molecule is C=CCNCc1ccc(CN(C)Cc2ccccc2)cc1OC. The molecule has 0 atom stereocenters. The molecule has 0 amide bonds. The summed E-state index contributed by atoms with van der Waals surface area (Å²) in [5.74, 6) is 0.937. The van der Waals surface area contributed by atoms with Crippen LogP contribution >= 0.6 is 0 Å². The summed E-state index contributed by atoms with van der Waals surface area (Å²) in [5.41, 5.74) is 3.75. The number of nitrogens with one attached hydrogen (secondary N) is 1. The van der Waals surface area contributed by atoms with Crippen LogP contribution in [0.15, 0.2) is 61.2 Å². The minimum atomic E-state index is 0.787. The van der Waals surface area contributed by atoms with Crippen molar-refractivity contribution < 1.29 is 4.74 Å². The molecule has 2 aromatic rings. The quantitative estimate of drug-likeness (QED) is 0.566. The monoisotopic (exact) mass is 310 g/mol. The van der Waals surface area contributed by atoms with Crippen molar-refractivity contribution in [3.63, 3.8) is 0 Å². The van der Waals surface area contributed by atoms with Gasteiger partial charge < -0.3 is 10.1 Å². The standard InChI is InChI=1S/C20H26N2O/c1-4-12-21-14-19-11-10-18(13-20(19)23-3)16-22(2)15-17-8-6-5-7-9-17/h4-11,13,21H,1,12,14-16H2,2-3H3. The van der Waals surface area contributed by atoms with Crippen LogP contribution < -0.4 is 10.1 Å². The molecule has 1 N–H and O–H groups in total. The van der Waals surface area contributed by atoms with E-state index < -0.39 is 0 Å². The van der Waals surface area contributed by atoms with Gasteiger partial charge in [0.15, 0.2) is 0 Å². The molecule has 2 rings (SSSR count). The van der Waals surface area contributed by atoms with Gasteiger partial charge in [-0.1, -0.05) is 48.5 Å². The van der Waals surface area contributed by atoms with Crippen LogP contribution in [0.5, 0.6) is 5.75 Å². The van der Waals surface area contributed by atoms with Crippen LogP contribution in [0.1, 0.15) is 16.7 Å². The summed E-state index contributed by atoms with van der Waals surface area (Å²) < 4.78 is 5.53. The fraction of sp³-hybridized carbons (Fsp3) is 0.300. The van der Waals surface area contributed by atoms with E-state index in [1.54, 1.807) is 7.11 Å². The van der Waals surface area contributed by atoms with Gasteiger partial charge in [-0.2, -0.15) is 0 Å². The van der Waals surface area contributed by atoms with Crippen LogP contribution in [-0.4, -0.2) is 25.6 Å². The van der Waals surface area contributed by atoms with E-state index in [9.17, 15) is 0 Å². The van der Waals surface area contributed by atoms with Crippen molar-refractivity contribution in [3.8, 4) is 5.75 Å². The average Bonchev–Trinajstić information content (AvgIpc) is 2.57. The molecular weight excluding hydrogens is 284 g/mol. The number of hydrogen-bond donors (Lipinski definition) is 1. The van der Waals surface area contributed by atoms with Crippen LogP contribution in [0.25, 0.3) is 0 Å². The molecule has 0 spiro atoms. The summed E-state index contributed by atoms with van der Waals surface area (Å²) in [6, 6.07) is 17.0. The van der Waals surface area contributed by atoms with Crippen LogP contribution in [0.2, 0.25) is 0 Å². The second-order valence-electron chi connectivity index (χ2n) is 5.72. The Labute approximate surface area is 139 Å². The highest BCUT2D eigenvalue weighted by Crippen LogP contribution is 2.21. The number of methoxy groups -OCH3 is 1. The number of hydrogen-bond acceptors (Lipinski definition) is 3. The molecule has 0 aliphatic carbocycles. The molecule has 0 heterocycles. The van der Waals surface area contributed by atoms with Crippen molar-refractivity contribution in [3.05, 3.63) is 77.9 Å². The minimum Gasteiger partial charge on any atom is -0.496 e. The van der Waals surface area contributed by atoms with E-state index in [2.05, 4.69) is 66.3 Å². The fourth-order valence-electron chi connectivity index (χ4n) is 2.60. The number of benzene rings is 2. The maximum Gasteiger partial charge on any atom is 0.123 e. The van der Waals surface area contributed by atoms with Crippen LogP contribution in [0.4, 0.5) is 0 Å². The molecule has 0 unspecified atom stereocenters. The van der Waals surface area contributed by atoms with Crippen molar-refractivity contribution >= 4 is 0 Å². The van der Waals surface area contributed by atoms with E-state index in [1.807, 2.05) is 12.1 Å². The fourth-order valence-corrected chi connectivity index (χ4v) is 2.60. The third-order valence-corrected chi connectivity index (χ3v) is 3.70. The van der Waals surface area contributed by atoms with Gasteiger partial charge in [0.2, 0.25) is 0 Å². The Morgan fingerprint density at radius 3 is 2.52 bits per heavy atom. The lowest BCUT2D eigenvalue weighted by atomic mass is 10.1. The summed E-state index contributed by atoms with van der Waals surface area (Å²) in [6.07, 6.45) is 1.86. The van der Waals surface area contributed by atoms with Gasteiger partial charge in [0.05, 0.1) is 7.11 Å². The zero-order valence-corrected chi connectivity index (χ0v) is 14.1. The van der Waals surface area contributed by atoms with Gasteiger partial charge in [-0.25, -0.2) is 0 Å². The molecule has 0 aliphatic rings.